The molecule has 1 saturated heterocycles. The van der Waals surface area contributed by atoms with Gasteiger partial charge in [-0.05, 0) is 43.0 Å². The highest BCUT2D eigenvalue weighted by Crippen LogP contribution is 2.21. The summed E-state index contributed by atoms with van der Waals surface area (Å²) >= 11 is 3.23. The molecule has 0 saturated carbocycles. The lowest BCUT2D eigenvalue weighted by atomic mass is 9.98. The Morgan fingerprint density at radius 2 is 2.42 bits per heavy atom. The van der Waals surface area contributed by atoms with Crippen LogP contribution in [-0.4, -0.2) is 23.0 Å². The molecule has 1 atom stereocenters. The lowest BCUT2D eigenvalue weighted by Crippen LogP contribution is -2.34. The Bertz CT molecular complexity index is 390. The van der Waals surface area contributed by atoms with Gasteiger partial charge in [0.2, 0.25) is 0 Å². The van der Waals surface area contributed by atoms with Gasteiger partial charge in [0.15, 0.2) is 0 Å². The number of thiol groups is 1. The Labute approximate surface area is 124 Å². The third-order valence-corrected chi connectivity index (χ3v) is 3.54. The van der Waals surface area contributed by atoms with E-state index in [1.54, 1.807) is 6.20 Å². The number of likely N-dealkylation sites (tertiary alicyclic amines) is 1. The van der Waals surface area contributed by atoms with Crippen molar-refractivity contribution < 1.29 is 3.89 Å². The summed E-state index contributed by atoms with van der Waals surface area (Å²) in [5, 5.41) is 4.64. The average molecular weight is 301 g/mol. The van der Waals surface area contributed by atoms with E-state index in [1.807, 2.05) is 18.2 Å². The van der Waals surface area contributed by atoms with Crippen LogP contribution in [0, 0.1) is 5.92 Å². The van der Waals surface area contributed by atoms with Crippen molar-refractivity contribution >= 4 is 25.0 Å². The van der Waals surface area contributed by atoms with Crippen LogP contribution in [0.1, 0.15) is 18.4 Å². The maximum Gasteiger partial charge on any atom is 0.129 e. The van der Waals surface area contributed by atoms with Gasteiger partial charge >= 0.3 is 0 Å². The molecule has 106 valence electrons. The molecule has 3 nitrogen and oxygen atoms in total. The summed E-state index contributed by atoms with van der Waals surface area (Å²) in [6.07, 6.45) is 6.17. The first-order valence-corrected chi connectivity index (χ1v) is 7.39. The van der Waals surface area contributed by atoms with Crippen LogP contribution >= 0.6 is 25.0 Å². The van der Waals surface area contributed by atoms with Crippen LogP contribution < -0.4 is 5.14 Å². The number of piperidine rings is 1. The smallest absolute Gasteiger partial charge is 0.129 e. The first kappa shape index (κ1) is 16.5. The van der Waals surface area contributed by atoms with Crippen molar-refractivity contribution in [2.24, 2.45) is 11.1 Å². The van der Waals surface area contributed by atoms with Crippen LogP contribution in [0.15, 0.2) is 36.0 Å². The quantitative estimate of drug-likeness (QED) is 0.662. The summed E-state index contributed by atoms with van der Waals surface area (Å²) < 4.78 is 12.4. The van der Waals surface area contributed by atoms with Gasteiger partial charge in [-0.1, -0.05) is 6.08 Å². The molecule has 2 rings (SSSR count). The second-order valence-electron chi connectivity index (χ2n) is 4.45. The van der Waals surface area contributed by atoms with Crippen molar-refractivity contribution in [1.29, 1.82) is 0 Å². The number of rotatable bonds is 4. The zero-order chi connectivity index (χ0) is 14.1. The van der Waals surface area contributed by atoms with E-state index in [0.29, 0.717) is 10.9 Å². The van der Waals surface area contributed by atoms with Gasteiger partial charge in [-0.3, -0.25) is 10.0 Å². The van der Waals surface area contributed by atoms with Crippen molar-refractivity contribution in [2.45, 2.75) is 24.4 Å². The topological polar surface area (TPSA) is 42.2 Å². The second kappa shape index (κ2) is 9.36. The molecule has 1 aliphatic rings. The standard InChI is InChI=1S/C13H17FN2S.H3NS/c1-2-11-4-3-7-16(9-11)10-12-5-6-15-13(8-12)17-14;1-2/h2,5-6,8,11H,1,3-4,7,9-10H2;2H,1H2. The molecule has 1 fully saturated rings. The number of nitrogens with zero attached hydrogens (tertiary/aromatic N) is 2. The van der Waals surface area contributed by atoms with Gasteiger partial charge in [-0.2, -0.15) is 3.89 Å². The molecule has 2 N–H and O–H groups in total. The van der Waals surface area contributed by atoms with E-state index >= 15 is 0 Å². The molecule has 0 bridgehead atoms. The Balaban J connectivity index is 0.000000861. The van der Waals surface area contributed by atoms with E-state index in [4.69, 9.17) is 0 Å². The number of halogens is 1. The summed E-state index contributed by atoms with van der Waals surface area (Å²) in [7, 11) is 0. The highest BCUT2D eigenvalue weighted by atomic mass is 32.2. The van der Waals surface area contributed by atoms with E-state index in [-0.39, 0.29) is 12.1 Å². The molecular weight excluding hydrogens is 281 g/mol. The van der Waals surface area contributed by atoms with Crippen molar-refractivity contribution in [3.8, 4) is 0 Å². The molecule has 19 heavy (non-hydrogen) atoms. The molecule has 2 heterocycles. The van der Waals surface area contributed by atoms with Gasteiger partial charge < -0.3 is 0 Å². The minimum atomic E-state index is 0.204. The third kappa shape index (κ3) is 5.52. The van der Waals surface area contributed by atoms with E-state index in [2.05, 4.69) is 34.4 Å². The summed E-state index contributed by atoms with van der Waals surface area (Å²) in [5.41, 5.74) is 1.13. The van der Waals surface area contributed by atoms with Gasteiger partial charge in [-0.25, -0.2) is 4.98 Å². The molecule has 0 spiro atoms. The highest BCUT2D eigenvalue weighted by molar-refractivity contribution is 7.94. The van der Waals surface area contributed by atoms with Crippen molar-refractivity contribution in [3.63, 3.8) is 0 Å². The van der Waals surface area contributed by atoms with Crippen LogP contribution in [0.5, 0.6) is 0 Å². The first-order valence-electron chi connectivity index (χ1n) is 6.16. The molecule has 0 radical (unpaired) electrons. The fourth-order valence-corrected chi connectivity index (χ4v) is 2.57. The molecule has 6 heteroatoms. The summed E-state index contributed by atoms with van der Waals surface area (Å²) in [6.45, 7) is 6.91. The first-order chi connectivity index (χ1) is 9.31. The van der Waals surface area contributed by atoms with Gasteiger partial charge in [0.1, 0.15) is 17.2 Å². The van der Waals surface area contributed by atoms with Crippen LogP contribution in [0.25, 0.3) is 0 Å². The van der Waals surface area contributed by atoms with Crippen LogP contribution in [-0.2, 0) is 6.54 Å². The molecule has 0 aromatic carbocycles. The normalized spacial score (nSPS) is 19.4. The number of aromatic nitrogens is 1. The van der Waals surface area contributed by atoms with Crippen LogP contribution in [0.2, 0.25) is 0 Å². The van der Waals surface area contributed by atoms with E-state index in [0.717, 1.165) is 25.2 Å². The van der Waals surface area contributed by atoms with E-state index in [9.17, 15) is 3.89 Å². The van der Waals surface area contributed by atoms with Gasteiger partial charge in [-0.15, -0.1) is 19.4 Å². The Kier molecular flexibility index (Phi) is 8.13. The maximum atomic E-state index is 12.4. The van der Waals surface area contributed by atoms with Crippen molar-refractivity contribution in [1.82, 2.24) is 9.88 Å². The van der Waals surface area contributed by atoms with Crippen molar-refractivity contribution in [2.75, 3.05) is 13.1 Å². The maximum absolute atomic E-state index is 12.4. The fraction of sp³-hybridized carbons (Fsp3) is 0.462. The minimum Gasteiger partial charge on any atom is -0.298 e. The Morgan fingerprint density at radius 3 is 3.11 bits per heavy atom. The Hall–Kier alpha value is -0.560. The molecule has 1 aliphatic heterocycles. The molecule has 1 aromatic heterocycles. The average Bonchev–Trinajstić information content (AvgIpc) is 2.49. The number of hydrogen-bond acceptors (Lipinski definition) is 5. The van der Waals surface area contributed by atoms with E-state index < -0.39 is 0 Å². The zero-order valence-corrected chi connectivity index (χ0v) is 12.5. The lowest BCUT2D eigenvalue weighted by molar-refractivity contribution is 0.189. The zero-order valence-electron chi connectivity index (χ0n) is 10.8. The molecular formula is C13H20FN3S2. The summed E-state index contributed by atoms with van der Waals surface area (Å²) in [5.74, 6) is 0.598. The predicted octanol–water partition coefficient (Wildman–Crippen LogP) is 3.25. The van der Waals surface area contributed by atoms with Gasteiger partial charge in [0.05, 0.1) is 0 Å². The summed E-state index contributed by atoms with van der Waals surface area (Å²) in [4.78, 5) is 6.34. The van der Waals surface area contributed by atoms with Gasteiger partial charge in [0.25, 0.3) is 0 Å². The molecule has 1 aromatic rings. The minimum absolute atomic E-state index is 0.204. The lowest BCUT2D eigenvalue weighted by Gasteiger charge is -2.31. The second-order valence-corrected chi connectivity index (χ2v) is 5.03. The molecule has 0 amide bonds. The third-order valence-electron chi connectivity index (χ3n) is 3.16. The SMILES string of the molecule is C=CC1CCCN(Cc2ccnc(SF)c2)C1.NS. The van der Waals surface area contributed by atoms with Crippen LogP contribution in [0.3, 0.4) is 0 Å². The molecule has 0 aliphatic carbocycles. The van der Waals surface area contributed by atoms with Gasteiger partial charge in [0, 0.05) is 19.3 Å². The van der Waals surface area contributed by atoms with E-state index in [1.165, 1.54) is 12.8 Å². The monoisotopic (exact) mass is 301 g/mol. The number of hydrogen-bond donors (Lipinski definition) is 2. The molecule has 1 unspecified atom stereocenters. The fourth-order valence-electron chi connectivity index (χ4n) is 2.28. The van der Waals surface area contributed by atoms with Crippen LogP contribution in [0.4, 0.5) is 3.89 Å². The highest BCUT2D eigenvalue weighted by Gasteiger charge is 2.17. The summed E-state index contributed by atoms with van der Waals surface area (Å²) in [6, 6.07) is 3.78. The number of nitrogens with two attached hydrogens (primary N) is 1. The Morgan fingerprint density at radius 1 is 1.63 bits per heavy atom. The largest absolute Gasteiger partial charge is 0.298 e. The van der Waals surface area contributed by atoms with Crippen molar-refractivity contribution in [3.05, 3.63) is 36.5 Å². The number of pyridine rings is 1. The predicted molar refractivity (Wildman–Crippen MR) is 82.6 cm³/mol.